The van der Waals surface area contributed by atoms with Crippen LogP contribution in [-0.2, 0) is 9.93 Å². The average molecular weight is 256 g/mol. The minimum absolute atomic E-state index is 0.648. The zero-order chi connectivity index (χ0) is 12.5. The molecule has 0 saturated carbocycles. The van der Waals surface area contributed by atoms with Gasteiger partial charge in [0, 0.05) is 36.3 Å². The third kappa shape index (κ3) is 2.72. The molecule has 1 fully saturated rings. The van der Waals surface area contributed by atoms with E-state index >= 15 is 0 Å². The second-order valence-electron chi connectivity index (χ2n) is 4.66. The van der Waals surface area contributed by atoms with Gasteiger partial charge in [0.25, 0.3) is 0 Å². The normalized spacial score (nSPS) is 20.9. The molecule has 1 aromatic carbocycles. The third-order valence-electron chi connectivity index (χ3n) is 3.27. The molecule has 1 aliphatic heterocycles. The molecule has 4 nitrogen and oxygen atoms in total. The van der Waals surface area contributed by atoms with Gasteiger partial charge in [-0.05, 0) is 18.4 Å². The SMILES string of the molecule is COc1cc(N2CC[SH](C)(=O)CC2)ccc1N. The lowest BCUT2D eigenvalue weighted by atomic mass is 10.2. The van der Waals surface area contributed by atoms with Crippen molar-refractivity contribution in [2.24, 2.45) is 0 Å². The molecule has 1 aromatic rings. The Hall–Kier alpha value is -1.23. The zero-order valence-electron chi connectivity index (χ0n) is 10.3. The van der Waals surface area contributed by atoms with E-state index in [1.807, 2.05) is 24.5 Å². The molecule has 0 spiro atoms. The molecule has 2 N–H and O–H groups in total. The van der Waals surface area contributed by atoms with Crippen LogP contribution in [-0.4, -0.2) is 42.2 Å². The third-order valence-corrected chi connectivity index (χ3v) is 5.56. The van der Waals surface area contributed by atoms with E-state index < -0.39 is 9.93 Å². The molecule has 0 radical (unpaired) electrons. The first-order chi connectivity index (χ1) is 8.02. The number of anilines is 2. The van der Waals surface area contributed by atoms with Crippen molar-refractivity contribution in [1.82, 2.24) is 0 Å². The van der Waals surface area contributed by atoms with Crippen LogP contribution < -0.4 is 15.4 Å². The molecule has 0 atom stereocenters. The fourth-order valence-electron chi connectivity index (χ4n) is 2.04. The summed E-state index contributed by atoms with van der Waals surface area (Å²) in [4.78, 5) is 2.24. The van der Waals surface area contributed by atoms with Gasteiger partial charge in [-0.3, -0.25) is 4.21 Å². The van der Waals surface area contributed by atoms with E-state index in [1.165, 1.54) is 0 Å². The number of rotatable bonds is 2. The molecule has 96 valence electrons. The Morgan fingerprint density at radius 1 is 1.35 bits per heavy atom. The van der Waals surface area contributed by atoms with Crippen LogP contribution in [0.3, 0.4) is 0 Å². The molecule has 0 aromatic heterocycles. The maximum absolute atomic E-state index is 11.9. The molecule has 1 heterocycles. The Morgan fingerprint density at radius 3 is 2.59 bits per heavy atom. The number of hydrogen-bond acceptors (Lipinski definition) is 4. The highest BCUT2D eigenvalue weighted by atomic mass is 32.2. The number of ether oxygens (including phenoxy) is 1. The first-order valence-electron chi connectivity index (χ1n) is 5.76. The molecule has 0 aliphatic carbocycles. The van der Waals surface area contributed by atoms with Crippen molar-refractivity contribution in [2.45, 2.75) is 0 Å². The summed E-state index contributed by atoms with van der Waals surface area (Å²) < 4.78 is 17.1. The number of nitrogens with two attached hydrogens (primary N) is 1. The summed E-state index contributed by atoms with van der Waals surface area (Å²) in [5.41, 5.74) is 7.53. The molecule has 17 heavy (non-hydrogen) atoms. The lowest BCUT2D eigenvalue weighted by molar-refractivity contribution is 0.417. The quantitative estimate of drug-likeness (QED) is 0.605. The summed E-state index contributed by atoms with van der Waals surface area (Å²) in [5.74, 6) is 2.28. The molecule has 0 bridgehead atoms. The van der Waals surface area contributed by atoms with Crippen molar-refractivity contribution in [3.63, 3.8) is 0 Å². The number of hydrogen-bond donors (Lipinski definition) is 2. The van der Waals surface area contributed by atoms with Crippen LogP contribution in [0.1, 0.15) is 0 Å². The summed E-state index contributed by atoms with van der Waals surface area (Å²) in [6, 6.07) is 5.79. The van der Waals surface area contributed by atoms with Gasteiger partial charge in [-0.2, -0.15) is 0 Å². The second-order valence-corrected chi connectivity index (χ2v) is 8.15. The van der Waals surface area contributed by atoms with Gasteiger partial charge in [-0.1, -0.05) is 0 Å². The lowest BCUT2D eigenvalue weighted by Crippen LogP contribution is -2.43. The van der Waals surface area contributed by atoms with E-state index in [-0.39, 0.29) is 0 Å². The highest BCUT2D eigenvalue weighted by Gasteiger charge is 2.20. The first kappa shape index (κ1) is 12.2. The highest BCUT2D eigenvalue weighted by Crippen LogP contribution is 2.28. The van der Waals surface area contributed by atoms with E-state index in [4.69, 9.17) is 10.5 Å². The molecule has 0 unspecified atom stereocenters. The van der Waals surface area contributed by atoms with Crippen LogP contribution in [0.4, 0.5) is 11.4 Å². The second kappa shape index (κ2) is 4.56. The minimum atomic E-state index is -1.87. The summed E-state index contributed by atoms with van der Waals surface area (Å²) in [6.45, 7) is 1.70. The van der Waals surface area contributed by atoms with Crippen LogP contribution >= 0.6 is 0 Å². The summed E-state index contributed by atoms with van der Waals surface area (Å²) in [5, 5.41) is 0. The van der Waals surface area contributed by atoms with Gasteiger partial charge < -0.3 is 15.4 Å². The molecular formula is C12H20N2O2S. The predicted octanol–water partition coefficient (Wildman–Crippen LogP) is 0.744. The van der Waals surface area contributed by atoms with E-state index in [1.54, 1.807) is 7.11 Å². The Bertz CT molecular complexity index is 450. The van der Waals surface area contributed by atoms with Gasteiger partial charge in [0.05, 0.1) is 12.8 Å². The molecule has 2 rings (SSSR count). The summed E-state index contributed by atoms with van der Waals surface area (Å²) >= 11 is 0. The number of methoxy groups -OCH3 is 1. The predicted molar refractivity (Wildman–Crippen MR) is 74.8 cm³/mol. The van der Waals surface area contributed by atoms with Gasteiger partial charge in [0.2, 0.25) is 0 Å². The maximum atomic E-state index is 11.9. The van der Waals surface area contributed by atoms with E-state index in [2.05, 4.69) is 4.90 Å². The fraction of sp³-hybridized carbons (Fsp3) is 0.500. The Kier molecular flexibility index (Phi) is 3.28. The van der Waals surface area contributed by atoms with E-state index in [0.717, 1.165) is 30.3 Å². The monoisotopic (exact) mass is 256 g/mol. The van der Waals surface area contributed by atoms with Crippen molar-refractivity contribution in [3.8, 4) is 5.75 Å². The number of thiol groups is 1. The van der Waals surface area contributed by atoms with Crippen LogP contribution in [0, 0.1) is 0 Å². The number of nitrogen functional groups attached to an aromatic ring is 1. The van der Waals surface area contributed by atoms with Crippen molar-refractivity contribution < 1.29 is 8.95 Å². The highest BCUT2D eigenvalue weighted by molar-refractivity contribution is 8.02. The molecule has 5 heteroatoms. The summed E-state index contributed by atoms with van der Waals surface area (Å²) in [6.07, 6.45) is 1.90. The minimum Gasteiger partial charge on any atom is -0.495 e. The lowest BCUT2D eigenvalue weighted by Gasteiger charge is -2.34. The van der Waals surface area contributed by atoms with Crippen molar-refractivity contribution in [3.05, 3.63) is 18.2 Å². The van der Waals surface area contributed by atoms with Gasteiger partial charge >= 0.3 is 0 Å². The summed E-state index contributed by atoms with van der Waals surface area (Å²) in [7, 11) is -0.253. The van der Waals surface area contributed by atoms with Crippen molar-refractivity contribution in [1.29, 1.82) is 0 Å². The van der Waals surface area contributed by atoms with Crippen LogP contribution in [0.5, 0.6) is 5.75 Å². The Labute approximate surface area is 103 Å². The molecular weight excluding hydrogens is 236 g/mol. The standard InChI is InChI=1S/C12H20N2O2S/c1-16-12-9-10(3-4-11(12)13)14-5-7-17(2,15)8-6-14/h3-4,9,17H,5-8,13H2,1-2H3. The van der Waals surface area contributed by atoms with Crippen molar-refractivity contribution in [2.75, 3.05) is 48.6 Å². The largest absolute Gasteiger partial charge is 0.495 e. The smallest absolute Gasteiger partial charge is 0.143 e. The van der Waals surface area contributed by atoms with Crippen molar-refractivity contribution >= 4 is 21.3 Å². The van der Waals surface area contributed by atoms with E-state index in [0.29, 0.717) is 11.4 Å². The first-order valence-corrected chi connectivity index (χ1v) is 8.28. The number of nitrogens with zero attached hydrogens (tertiary/aromatic N) is 1. The topological polar surface area (TPSA) is 55.6 Å². The van der Waals surface area contributed by atoms with Crippen LogP contribution in [0.2, 0.25) is 0 Å². The zero-order valence-corrected chi connectivity index (χ0v) is 11.2. The molecule has 1 saturated heterocycles. The van der Waals surface area contributed by atoms with Gasteiger partial charge in [0.1, 0.15) is 5.75 Å². The number of benzene rings is 1. The Morgan fingerprint density at radius 2 is 2.00 bits per heavy atom. The molecule has 1 aliphatic rings. The molecule has 0 amide bonds. The Balaban J connectivity index is 2.16. The van der Waals surface area contributed by atoms with E-state index in [9.17, 15) is 4.21 Å². The van der Waals surface area contributed by atoms with Crippen LogP contribution in [0.15, 0.2) is 18.2 Å². The van der Waals surface area contributed by atoms with Crippen LogP contribution in [0.25, 0.3) is 0 Å². The fourth-order valence-corrected chi connectivity index (χ4v) is 3.60. The average Bonchev–Trinajstić information content (AvgIpc) is 2.30. The van der Waals surface area contributed by atoms with Gasteiger partial charge in [0.15, 0.2) is 0 Å². The van der Waals surface area contributed by atoms with Gasteiger partial charge in [-0.15, -0.1) is 9.93 Å². The maximum Gasteiger partial charge on any atom is 0.143 e. The van der Waals surface area contributed by atoms with Gasteiger partial charge in [-0.25, -0.2) is 0 Å².